The van der Waals surface area contributed by atoms with E-state index in [1.165, 1.54) is 0 Å². The molecular formula is C18H18F7N3O2. The monoisotopic (exact) mass is 441 g/mol. The van der Waals surface area contributed by atoms with Crippen LogP contribution in [0.15, 0.2) is 18.2 Å². The zero-order valence-corrected chi connectivity index (χ0v) is 15.4. The number of nitrogens with one attached hydrogen (secondary N) is 2. The summed E-state index contributed by atoms with van der Waals surface area (Å²) in [6, 6.07) is 0.112. The smallest absolute Gasteiger partial charge is 0.353 e. The molecule has 166 valence electrons. The number of urea groups is 1. The van der Waals surface area contributed by atoms with Crippen LogP contribution in [0.5, 0.6) is 0 Å². The van der Waals surface area contributed by atoms with E-state index in [2.05, 4.69) is 10.6 Å². The molecule has 1 saturated carbocycles. The van der Waals surface area contributed by atoms with Gasteiger partial charge in [-0.1, -0.05) is 6.07 Å². The highest BCUT2D eigenvalue weighted by molar-refractivity contribution is 5.85. The predicted molar refractivity (Wildman–Crippen MR) is 89.5 cm³/mol. The third kappa shape index (κ3) is 4.78. The molecule has 3 amide bonds. The van der Waals surface area contributed by atoms with Crippen molar-refractivity contribution in [3.05, 3.63) is 35.1 Å². The van der Waals surface area contributed by atoms with Crippen LogP contribution in [-0.4, -0.2) is 42.6 Å². The number of rotatable bonds is 3. The molecule has 1 aromatic rings. The summed E-state index contributed by atoms with van der Waals surface area (Å²) in [6.45, 7) is 0.0221. The fourth-order valence-electron chi connectivity index (χ4n) is 3.66. The van der Waals surface area contributed by atoms with Crippen molar-refractivity contribution in [1.29, 1.82) is 0 Å². The average molecular weight is 441 g/mol. The molecule has 2 aliphatic rings. The Morgan fingerprint density at radius 3 is 2.40 bits per heavy atom. The minimum Gasteiger partial charge on any atom is -0.353 e. The van der Waals surface area contributed by atoms with Crippen molar-refractivity contribution in [1.82, 2.24) is 15.5 Å². The summed E-state index contributed by atoms with van der Waals surface area (Å²) < 4.78 is 91.5. The van der Waals surface area contributed by atoms with E-state index in [0.29, 0.717) is 12.1 Å². The maximum atomic E-state index is 13.6. The van der Waals surface area contributed by atoms with Crippen molar-refractivity contribution in [3.8, 4) is 0 Å². The van der Waals surface area contributed by atoms with E-state index in [1.54, 1.807) is 0 Å². The fraction of sp³-hybridized carbons (Fsp3) is 0.556. The van der Waals surface area contributed by atoms with Gasteiger partial charge in [-0.25, -0.2) is 9.18 Å². The van der Waals surface area contributed by atoms with Crippen molar-refractivity contribution >= 4 is 11.9 Å². The molecule has 1 aliphatic heterocycles. The standard InChI is InChI=1S/C18H18F7N3O2/c19-13-2-1-9(7-12(13)18(23,24)25)15(10-5-11(6-10)17(20,21)22)27-16(30)28-4-3-26-14(29)8-28/h1-2,7,10-11,15H,3-6,8H2,(H,26,29)(H,27,30)/t10-,11-,15-/m0/s1. The van der Waals surface area contributed by atoms with Gasteiger partial charge in [0.25, 0.3) is 0 Å². The summed E-state index contributed by atoms with van der Waals surface area (Å²) in [5.41, 5.74) is -1.72. The van der Waals surface area contributed by atoms with E-state index in [-0.39, 0.29) is 38.0 Å². The van der Waals surface area contributed by atoms with E-state index in [9.17, 15) is 40.3 Å². The Kier molecular flexibility index (Phi) is 5.87. The van der Waals surface area contributed by atoms with Crippen LogP contribution in [0.25, 0.3) is 0 Å². The summed E-state index contributed by atoms with van der Waals surface area (Å²) in [6.07, 6.45) is -10.2. The second-order valence-electron chi connectivity index (χ2n) is 7.41. The molecule has 0 spiro atoms. The van der Waals surface area contributed by atoms with E-state index in [0.717, 1.165) is 11.0 Å². The van der Waals surface area contributed by atoms with Gasteiger partial charge in [0.2, 0.25) is 5.91 Å². The number of piperazine rings is 1. The summed E-state index contributed by atoms with van der Waals surface area (Å²) in [5, 5.41) is 4.94. The van der Waals surface area contributed by atoms with Gasteiger partial charge >= 0.3 is 18.4 Å². The Balaban J connectivity index is 1.85. The first-order chi connectivity index (χ1) is 13.9. The molecule has 2 N–H and O–H groups in total. The van der Waals surface area contributed by atoms with Gasteiger partial charge in [-0.05, 0) is 36.5 Å². The highest BCUT2D eigenvalue weighted by Gasteiger charge is 2.50. The van der Waals surface area contributed by atoms with Crippen LogP contribution in [0.1, 0.15) is 30.0 Å². The van der Waals surface area contributed by atoms with Crippen molar-refractivity contribution in [2.75, 3.05) is 19.6 Å². The Morgan fingerprint density at radius 1 is 1.17 bits per heavy atom. The lowest BCUT2D eigenvalue weighted by Crippen LogP contribution is -2.54. The molecule has 3 rings (SSSR count). The van der Waals surface area contributed by atoms with Crippen LogP contribution < -0.4 is 10.6 Å². The lowest BCUT2D eigenvalue weighted by molar-refractivity contribution is -0.206. The summed E-state index contributed by atoms with van der Waals surface area (Å²) in [7, 11) is 0. The van der Waals surface area contributed by atoms with Crippen LogP contribution >= 0.6 is 0 Å². The Bertz CT molecular complexity index is 819. The number of hydrogen-bond donors (Lipinski definition) is 2. The topological polar surface area (TPSA) is 61.4 Å². The third-order valence-electron chi connectivity index (χ3n) is 5.37. The fourth-order valence-corrected chi connectivity index (χ4v) is 3.66. The van der Waals surface area contributed by atoms with Crippen LogP contribution in [-0.2, 0) is 11.0 Å². The van der Waals surface area contributed by atoms with Crippen molar-refractivity contribution < 1.29 is 40.3 Å². The summed E-state index contributed by atoms with van der Waals surface area (Å²) in [4.78, 5) is 25.1. The number of halogens is 7. The first-order valence-corrected chi connectivity index (χ1v) is 9.11. The molecule has 12 heteroatoms. The molecule has 1 saturated heterocycles. The highest BCUT2D eigenvalue weighted by Crippen LogP contribution is 2.49. The molecular weight excluding hydrogens is 423 g/mol. The SMILES string of the molecule is O=C1CN(C(=O)N[C@@H](c2ccc(F)c(C(F)(F)F)c2)[C@H]2C[C@H](C(F)(F)F)C2)CCN1. The first-order valence-electron chi connectivity index (χ1n) is 9.11. The van der Waals surface area contributed by atoms with E-state index >= 15 is 0 Å². The van der Waals surface area contributed by atoms with Gasteiger partial charge in [0.05, 0.1) is 17.5 Å². The third-order valence-corrected chi connectivity index (χ3v) is 5.37. The molecule has 0 aromatic heterocycles. The van der Waals surface area contributed by atoms with E-state index in [4.69, 9.17) is 0 Å². The number of amides is 3. The van der Waals surface area contributed by atoms with Crippen molar-refractivity contribution in [2.24, 2.45) is 11.8 Å². The second kappa shape index (κ2) is 7.95. The molecule has 2 fully saturated rings. The molecule has 0 unspecified atom stereocenters. The molecule has 0 bridgehead atoms. The lowest BCUT2D eigenvalue weighted by Gasteiger charge is -2.42. The number of alkyl halides is 6. The normalized spacial score (nSPS) is 23.4. The minimum absolute atomic E-state index is 0.136. The molecule has 0 radical (unpaired) electrons. The lowest BCUT2D eigenvalue weighted by atomic mass is 9.69. The van der Waals surface area contributed by atoms with Gasteiger partial charge in [-0.15, -0.1) is 0 Å². The molecule has 1 atom stereocenters. The number of carbonyl (C=O) groups excluding carboxylic acids is 2. The predicted octanol–water partition coefficient (Wildman–Crippen LogP) is 3.62. The highest BCUT2D eigenvalue weighted by atomic mass is 19.4. The van der Waals surface area contributed by atoms with E-state index in [1.807, 2.05) is 0 Å². The van der Waals surface area contributed by atoms with Crippen LogP contribution in [0, 0.1) is 17.7 Å². The van der Waals surface area contributed by atoms with Crippen LogP contribution in [0.3, 0.4) is 0 Å². The van der Waals surface area contributed by atoms with Crippen molar-refractivity contribution in [3.63, 3.8) is 0 Å². The van der Waals surface area contributed by atoms with Gasteiger partial charge < -0.3 is 15.5 Å². The first kappa shape index (κ1) is 22.2. The number of carbonyl (C=O) groups is 2. The van der Waals surface area contributed by atoms with Gasteiger partial charge in [0, 0.05) is 13.1 Å². The van der Waals surface area contributed by atoms with Crippen LogP contribution in [0.2, 0.25) is 0 Å². The zero-order valence-electron chi connectivity index (χ0n) is 15.4. The minimum atomic E-state index is -5.01. The number of hydrogen-bond acceptors (Lipinski definition) is 2. The Labute approximate surface area is 166 Å². The van der Waals surface area contributed by atoms with Gasteiger partial charge in [-0.3, -0.25) is 4.79 Å². The number of benzene rings is 1. The molecule has 5 nitrogen and oxygen atoms in total. The Morgan fingerprint density at radius 2 is 1.83 bits per heavy atom. The molecule has 1 heterocycles. The van der Waals surface area contributed by atoms with Gasteiger partial charge in [-0.2, -0.15) is 26.3 Å². The molecule has 1 aromatic carbocycles. The second-order valence-corrected chi connectivity index (χ2v) is 7.41. The summed E-state index contributed by atoms with van der Waals surface area (Å²) >= 11 is 0. The largest absolute Gasteiger partial charge is 0.419 e. The molecule has 1 aliphatic carbocycles. The van der Waals surface area contributed by atoms with Gasteiger partial charge in [0.1, 0.15) is 12.4 Å². The zero-order chi connectivity index (χ0) is 22.3. The average Bonchev–Trinajstić information content (AvgIpc) is 2.57. The van der Waals surface area contributed by atoms with E-state index < -0.39 is 53.5 Å². The molecule has 30 heavy (non-hydrogen) atoms. The van der Waals surface area contributed by atoms with Crippen molar-refractivity contribution in [2.45, 2.75) is 31.2 Å². The summed E-state index contributed by atoms with van der Waals surface area (Å²) in [5.74, 6) is -4.36. The quantitative estimate of drug-likeness (QED) is 0.705. The Hall–Kier alpha value is -2.53. The van der Waals surface area contributed by atoms with Gasteiger partial charge in [0.15, 0.2) is 0 Å². The number of nitrogens with zero attached hydrogens (tertiary/aromatic N) is 1. The maximum absolute atomic E-state index is 13.6. The maximum Gasteiger partial charge on any atom is 0.419 e. The van der Waals surface area contributed by atoms with Crippen LogP contribution in [0.4, 0.5) is 35.5 Å².